The Morgan fingerprint density at radius 3 is 1.19 bits per heavy atom. The van der Waals surface area contributed by atoms with Crippen molar-refractivity contribution < 1.29 is 62.3 Å². The molecular formula is C6H17AgN4O10. The number of carbonyl (C=O) groups is 3. The average Bonchev–Trinajstić information content (AvgIpc) is 1.98. The third-order valence-corrected chi connectivity index (χ3v) is 1.29. The first-order valence-electron chi connectivity index (χ1n) is 3.72. The van der Waals surface area contributed by atoms with Crippen LogP contribution in [-0.2, 0) is 36.8 Å². The van der Waals surface area contributed by atoms with Crippen molar-refractivity contribution in [3.05, 3.63) is 15.3 Å². The van der Waals surface area contributed by atoms with E-state index in [1.54, 1.807) is 0 Å². The molecule has 15 heteroatoms. The van der Waals surface area contributed by atoms with Crippen LogP contribution in [0.4, 0.5) is 0 Å². The van der Waals surface area contributed by atoms with E-state index in [-0.39, 0.29) is 40.8 Å². The summed E-state index contributed by atoms with van der Waals surface area (Å²) in [7, 11) is 0. The Morgan fingerprint density at radius 2 is 1.10 bits per heavy atom. The fourth-order valence-corrected chi connectivity index (χ4v) is 0.714. The van der Waals surface area contributed by atoms with Crippen LogP contribution in [0.25, 0.3) is 0 Å². The maximum atomic E-state index is 10.3. The van der Waals surface area contributed by atoms with E-state index in [4.69, 9.17) is 35.7 Å². The van der Waals surface area contributed by atoms with Gasteiger partial charge < -0.3 is 54.2 Å². The smallest absolute Gasteiger partial charge is 0.481 e. The number of nitrogens with zero attached hydrogens (tertiary/aromatic N) is 1. The molecule has 0 heterocycles. The molecule has 0 atom stereocenters. The Bertz CT molecular complexity index is 318. The van der Waals surface area contributed by atoms with Crippen molar-refractivity contribution >= 4 is 17.9 Å². The van der Waals surface area contributed by atoms with Crippen LogP contribution in [0.5, 0.6) is 0 Å². The first-order chi connectivity index (χ1) is 7.51. The van der Waals surface area contributed by atoms with Crippen LogP contribution >= 0.6 is 0 Å². The third kappa shape index (κ3) is 23.7. The van der Waals surface area contributed by atoms with Gasteiger partial charge in [0.1, 0.15) is 0 Å². The number of aliphatic carboxylic acids is 3. The summed E-state index contributed by atoms with van der Waals surface area (Å²) in [6.45, 7) is 0. The third-order valence-electron chi connectivity index (χ3n) is 1.29. The maximum Gasteiger partial charge on any atom is 1.00 e. The molecule has 0 bridgehead atoms. The van der Waals surface area contributed by atoms with E-state index in [0.29, 0.717) is 0 Å². The molecule has 0 amide bonds. The molecule has 0 radical (unpaired) electrons. The monoisotopic (exact) mass is 412 g/mol. The van der Waals surface area contributed by atoms with E-state index < -0.39 is 41.4 Å². The average molecular weight is 413 g/mol. The topological polar surface area (TPSA) is 303 Å². The second kappa shape index (κ2) is 16.2. The van der Waals surface area contributed by atoms with Gasteiger partial charge in [-0.05, 0) is 0 Å². The molecule has 0 aromatic carbocycles. The Balaban J connectivity index is -0.0000000629. The quantitative estimate of drug-likeness (QED) is 0.162. The van der Waals surface area contributed by atoms with Gasteiger partial charge in [0.15, 0.2) is 5.60 Å². The number of rotatable bonds is 5. The molecule has 0 fully saturated rings. The molecule has 14 nitrogen and oxygen atoms in total. The SMILES string of the molecule is N.N.N.O=C(O)CC(O)(CC(=O)O)C(=O)O.O=[N+]([O-])[O-].[Ag+]. The normalized spacial score (nSPS) is 7.86. The molecular weight excluding hydrogens is 396 g/mol. The van der Waals surface area contributed by atoms with E-state index in [0.717, 1.165) is 0 Å². The Kier molecular flexibility index (Phi) is 28.2. The molecule has 0 rings (SSSR count). The minimum absolute atomic E-state index is 0. The van der Waals surface area contributed by atoms with Gasteiger partial charge in [-0.25, -0.2) is 4.79 Å². The van der Waals surface area contributed by atoms with Crippen molar-refractivity contribution in [3.63, 3.8) is 0 Å². The molecule has 0 aliphatic heterocycles. The molecule has 0 spiro atoms. The summed E-state index contributed by atoms with van der Waals surface area (Å²) >= 11 is 0. The van der Waals surface area contributed by atoms with Gasteiger partial charge in [0.05, 0.1) is 17.9 Å². The summed E-state index contributed by atoms with van der Waals surface area (Å²) < 4.78 is 0. The molecule has 0 saturated heterocycles. The zero-order valence-electron chi connectivity index (χ0n) is 10.5. The van der Waals surface area contributed by atoms with Gasteiger partial charge >= 0.3 is 40.3 Å². The summed E-state index contributed by atoms with van der Waals surface area (Å²) in [5.74, 6) is -5.02. The Labute approximate surface area is 133 Å². The molecule has 0 unspecified atom stereocenters. The Hall–Kier alpha value is -1.81. The minimum Gasteiger partial charge on any atom is -0.481 e. The fourth-order valence-electron chi connectivity index (χ4n) is 0.714. The number of carboxylic acids is 3. The molecule has 0 aromatic heterocycles. The van der Waals surface area contributed by atoms with Crippen molar-refractivity contribution in [1.82, 2.24) is 18.5 Å². The molecule has 0 aliphatic carbocycles. The predicted octanol–water partition coefficient (Wildman–Crippen LogP) is -1.00. The van der Waals surface area contributed by atoms with Crippen LogP contribution in [0.2, 0.25) is 0 Å². The molecule has 21 heavy (non-hydrogen) atoms. The van der Waals surface area contributed by atoms with Crippen LogP contribution < -0.4 is 18.5 Å². The number of aliphatic hydroxyl groups is 1. The zero-order chi connectivity index (χ0) is 14.2. The van der Waals surface area contributed by atoms with Crippen LogP contribution in [-0.4, -0.2) is 49.0 Å². The van der Waals surface area contributed by atoms with Gasteiger partial charge in [-0.15, -0.1) is 0 Å². The van der Waals surface area contributed by atoms with Gasteiger partial charge in [-0.1, -0.05) is 0 Å². The molecule has 0 aromatic rings. The van der Waals surface area contributed by atoms with E-state index in [1.807, 2.05) is 0 Å². The summed E-state index contributed by atoms with van der Waals surface area (Å²) in [4.78, 5) is 38.7. The molecule has 13 N–H and O–H groups in total. The van der Waals surface area contributed by atoms with Gasteiger partial charge in [-0.3, -0.25) is 9.59 Å². The summed E-state index contributed by atoms with van der Waals surface area (Å²) in [6.07, 6.45) is -2.29. The van der Waals surface area contributed by atoms with Crippen molar-refractivity contribution in [3.8, 4) is 0 Å². The summed E-state index contributed by atoms with van der Waals surface area (Å²) in [5.41, 5.74) is -2.74. The Morgan fingerprint density at radius 1 is 0.905 bits per heavy atom. The summed E-state index contributed by atoms with van der Waals surface area (Å²) in [5, 5.41) is 48.6. The largest absolute Gasteiger partial charge is 1.00 e. The number of hydrogen-bond donors (Lipinski definition) is 7. The van der Waals surface area contributed by atoms with Crippen LogP contribution in [0.3, 0.4) is 0 Å². The van der Waals surface area contributed by atoms with Gasteiger partial charge in [-0.2, -0.15) is 0 Å². The van der Waals surface area contributed by atoms with Crippen molar-refractivity contribution in [2.45, 2.75) is 18.4 Å². The van der Waals surface area contributed by atoms with Crippen LogP contribution in [0, 0.1) is 15.3 Å². The zero-order valence-corrected chi connectivity index (χ0v) is 12.0. The first kappa shape index (κ1) is 36.5. The van der Waals surface area contributed by atoms with Crippen molar-refractivity contribution in [2.24, 2.45) is 0 Å². The fraction of sp³-hybridized carbons (Fsp3) is 0.500. The van der Waals surface area contributed by atoms with Gasteiger partial charge in [0.25, 0.3) is 0 Å². The molecule has 132 valence electrons. The van der Waals surface area contributed by atoms with Gasteiger partial charge in [0, 0.05) is 0 Å². The van der Waals surface area contributed by atoms with E-state index in [9.17, 15) is 14.4 Å². The van der Waals surface area contributed by atoms with Crippen molar-refractivity contribution in [1.29, 1.82) is 0 Å². The van der Waals surface area contributed by atoms with Crippen LogP contribution in [0.1, 0.15) is 12.8 Å². The number of carboxylic acid groups (broad SMARTS) is 3. The second-order valence-corrected chi connectivity index (χ2v) is 2.70. The number of hydrogen-bond acceptors (Lipinski definition) is 10. The van der Waals surface area contributed by atoms with Crippen LogP contribution in [0.15, 0.2) is 0 Å². The van der Waals surface area contributed by atoms with Gasteiger partial charge in [0.2, 0.25) is 0 Å². The van der Waals surface area contributed by atoms with E-state index in [2.05, 4.69) is 0 Å². The summed E-state index contributed by atoms with van der Waals surface area (Å²) in [6, 6.07) is 0. The maximum absolute atomic E-state index is 10.3. The first-order valence-corrected chi connectivity index (χ1v) is 3.72. The molecule has 0 aliphatic rings. The predicted molar refractivity (Wildman–Crippen MR) is 62.5 cm³/mol. The van der Waals surface area contributed by atoms with Crippen molar-refractivity contribution in [2.75, 3.05) is 0 Å². The van der Waals surface area contributed by atoms with E-state index in [1.165, 1.54) is 0 Å². The minimum atomic E-state index is -2.74. The second-order valence-electron chi connectivity index (χ2n) is 2.70. The van der Waals surface area contributed by atoms with E-state index >= 15 is 0 Å². The standard InChI is InChI=1S/C6H8O7.Ag.NO3.3H3N/c7-3(8)1-6(13,5(11)12)2-4(9)10;;2-1(3)4;;;/h13H,1-2H2,(H,7,8)(H,9,10)(H,11,12);;;3*1H3/q;+1;-1;;;. The molecule has 0 saturated carbocycles.